The van der Waals surface area contributed by atoms with Gasteiger partial charge in [0.1, 0.15) is 29.1 Å². The smallest absolute Gasteiger partial charge is 0.338 e. The lowest BCUT2D eigenvalue weighted by molar-refractivity contribution is -0.384. The molecule has 3 aromatic carbocycles. The lowest BCUT2D eigenvalue weighted by Crippen LogP contribution is -2.40. The van der Waals surface area contributed by atoms with Gasteiger partial charge in [0.05, 0.1) is 41.6 Å². The van der Waals surface area contributed by atoms with E-state index in [9.17, 15) is 19.7 Å². The average Bonchev–Trinajstić information content (AvgIpc) is 3.63. The summed E-state index contributed by atoms with van der Waals surface area (Å²) in [5, 5.41) is 12.6. The van der Waals surface area contributed by atoms with Crippen LogP contribution in [-0.4, -0.2) is 36.3 Å². The van der Waals surface area contributed by atoms with Crippen molar-refractivity contribution in [3.05, 3.63) is 119 Å². The Hall–Kier alpha value is -5.49. The van der Waals surface area contributed by atoms with E-state index in [0.717, 1.165) is 22.1 Å². The predicted octanol–water partition coefficient (Wildman–Crippen LogP) is 5.14. The fourth-order valence-electron chi connectivity index (χ4n) is 5.42. The number of benzene rings is 3. The first-order chi connectivity index (χ1) is 21.7. The largest absolute Gasteiger partial charge is 0.497 e. The molecule has 0 aliphatic carbocycles. The molecule has 0 spiro atoms. The standard InChI is InChI=1S/C33H27N3O8S/c1-5-43-32(38)28-18(2)34-33-35(30(28)29-24-16-22(41-3)12-8-19(24)9-14-26(29)42-4)31(37)27(45-33)17-23-13-15-25(44-23)20-6-10-21(11-7-20)36(39)40/h6-17,30H,5H2,1-4H3/b27-17-. The SMILES string of the molecule is CCOC(=O)C1=C(C)N=c2s/c(=C\c3ccc(-c4ccc([N+](=O)[O-])cc4)o3)c(=O)n2C1c1c(OC)ccc2ccc(OC)cc12. The number of methoxy groups -OCH3 is 2. The summed E-state index contributed by atoms with van der Waals surface area (Å²) in [6, 6.07) is 17.8. The number of rotatable bonds is 8. The Kier molecular flexibility index (Phi) is 7.81. The first kappa shape index (κ1) is 29.6. The van der Waals surface area contributed by atoms with Crippen LogP contribution in [0, 0.1) is 10.1 Å². The van der Waals surface area contributed by atoms with E-state index in [1.54, 1.807) is 57.4 Å². The molecule has 0 fully saturated rings. The van der Waals surface area contributed by atoms with Gasteiger partial charge in [0.2, 0.25) is 0 Å². The van der Waals surface area contributed by atoms with Crippen LogP contribution in [0.3, 0.4) is 0 Å². The Morgan fingerprint density at radius 3 is 2.53 bits per heavy atom. The van der Waals surface area contributed by atoms with Crippen molar-refractivity contribution in [1.82, 2.24) is 4.57 Å². The number of furan rings is 1. The van der Waals surface area contributed by atoms with Crippen LogP contribution in [-0.2, 0) is 9.53 Å². The fraction of sp³-hybridized carbons (Fsp3) is 0.182. The summed E-state index contributed by atoms with van der Waals surface area (Å²) in [7, 11) is 3.11. The highest BCUT2D eigenvalue weighted by molar-refractivity contribution is 7.07. The van der Waals surface area contributed by atoms with Gasteiger partial charge in [0.15, 0.2) is 4.80 Å². The minimum Gasteiger partial charge on any atom is -0.497 e. The minimum atomic E-state index is -0.916. The van der Waals surface area contributed by atoms with Crippen LogP contribution < -0.4 is 24.4 Å². The Morgan fingerprint density at radius 2 is 1.84 bits per heavy atom. The number of nitrogens with zero attached hydrogens (tertiary/aromatic N) is 3. The third kappa shape index (κ3) is 5.29. The molecule has 5 aromatic rings. The van der Waals surface area contributed by atoms with E-state index in [1.807, 2.05) is 24.3 Å². The molecule has 0 N–H and O–H groups in total. The maximum atomic E-state index is 14.2. The third-order valence-electron chi connectivity index (χ3n) is 7.50. The van der Waals surface area contributed by atoms with Gasteiger partial charge in [-0.3, -0.25) is 19.5 Å². The molecule has 1 atom stereocenters. The van der Waals surface area contributed by atoms with Crippen molar-refractivity contribution < 1.29 is 28.3 Å². The molecule has 11 nitrogen and oxygen atoms in total. The summed E-state index contributed by atoms with van der Waals surface area (Å²) in [4.78, 5) is 43.3. The Labute approximate surface area is 260 Å². The molecule has 3 heterocycles. The minimum absolute atomic E-state index is 0.0278. The Bertz CT molecular complexity index is 2190. The van der Waals surface area contributed by atoms with E-state index in [2.05, 4.69) is 4.99 Å². The number of carbonyl (C=O) groups excluding carboxylic acids is 1. The number of allylic oxidation sites excluding steroid dienone is 1. The Morgan fingerprint density at radius 1 is 1.09 bits per heavy atom. The van der Waals surface area contributed by atoms with Gasteiger partial charge in [-0.1, -0.05) is 23.5 Å². The van der Waals surface area contributed by atoms with Crippen LogP contribution in [0.1, 0.15) is 31.2 Å². The molecule has 0 amide bonds. The van der Waals surface area contributed by atoms with Crippen molar-refractivity contribution in [1.29, 1.82) is 0 Å². The molecule has 0 saturated carbocycles. The molecule has 45 heavy (non-hydrogen) atoms. The van der Waals surface area contributed by atoms with E-state index in [1.165, 1.54) is 23.8 Å². The summed E-state index contributed by atoms with van der Waals surface area (Å²) < 4.78 is 24.6. The van der Waals surface area contributed by atoms with Crippen LogP contribution >= 0.6 is 11.3 Å². The monoisotopic (exact) mass is 625 g/mol. The van der Waals surface area contributed by atoms with Crippen molar-refractivity contribution in [3.63, 3.8) is 0 Å². The van der Waals surface area contributed by atoms with Gasteiger partial charge >= 0.3 is 5.97 Å². The number of hydrogen-bond acceptors (Lipinski definition) is 10. The lowest BCUT2D eigenvalue weighted by atomic mass is 9.90. The number of aromatic nitrogens is 1. The van der Waals surface area contributed by atoms with E-state index in [4.69, 9.17) is 18.6 Å². The topological polar surface area (TPSA) is 135 Å². The summed E-state index contributed by atoms with van der Waals surface area (Å²) in [6.07, 6.45) is 1.61. The normalized spacial score (nSPS) is 14.7. The highest BCUT2D eigenvalue weighted by Gasteiger charge is 2.36. The maximum absolute atomic E-state index is 14.2. The second-order valence-electron chi connectivity index (χ2n) is 10.1. The van der Waals surface area contributed by atoms with Crippen LogP contribution in [0.2, 0.25) is 0 Å². The molecule has 228 valence electrons. The Balaban J connectivity index is 1.55. The van der Waals surface area contributed by atoms with Crippen LogP contribution in [0.5, 0.6) is 11.5 Å². The first-order valence-electron chi connectivity index (χ1n) is 13.9. The maximum Gasteiger partial charge on any atom is 0.338 e. The number of nitro benzene ring substituents is 1. The van der Waals surface area contributed by atoms with Gasteiger partial charge in [-0.2, -0.15) is 0 Å². The number of thiazole rings is 1. The van der Waals surface area contributed by atoms with Gasteiger partial charge in [-0.05, 0) is 67.1 Å². The molecule has 1 aliphatic heterocycles. The zero-order valence-corrected chi connectivity index (χ0v) is 25.5. The van der Waals surface area contributed by atoms with Crippen molar-refractivity contribution in [3.8, 4) is 22.8 Å². The van der Waals surface area contributed by atoms with E-state index in [-0.39, 0.29) is 23.4 Å². The second-order valence-corrected chi connectivity index (χ2v) is 11.1. The third-order valence-corrected chi connectivity index (χ3v) is 8.49. The number of esters is 1. The van der Waals surface area contributed by atoms with Crippen LogP contribution in [0.15, 0.2) is 92.2 Å². The highest BCUT2D eigenvalue weighted by atomic mass is 32.1. The van der Waals surface area contributed by atoms with E-state index < -0.39 is 16.9 Å². The number of ether oxygens (including phenoxy) is 3. The highest BCUT2D eigenvalue weighted by Crippen LogP contribution is 2.41. The van der Waals surface area contributed by atoms with E-state index >= 15 is 0 Å². The molecule has 1 unspecified atom stereocenters. The summed E-state index contributed by atoms with van der Waals surface area (Å²) in [5.74, 6) is 1.38. The molecule has 6 rings (SSSR count). The van der Waals surface area contributed by atoms with Crippen molar-refractivity contribution >= 4 is 39.8 Å². The zero-order chi connectivity index (χ0) is 31.8. The molecule has 2 aromatic heterocycles. The average molecular weight is 626 g/mol. The number of hydrogen-bond donors (Lipinski definition) is 0. The molecular weight excluding hydrogens is 598 g/mol. The van der Waals surface area contributed by atoms with Crippen molar-refractivity contribution in [2.45, 2.75) is 19.9 Å². The molecule has 0 saturated heterocycles. The van der Waals surface area contributed by atoms with Gasteiger partial charge < -0.3 is 18.6 Å². The fourth-order valence-corrected chi connectivity index (χ4v) is 6.44. The van der Waals surface area contributed by atoms with Crippen molar-refractivity contribution in [2.75, 3.05) is 20.8 Å². The number of carbonyl (C=O) groups is 1. The predicted molar refractivity (Wildman–Crippen MR) is 168 cm³/mol. The number of fused-ring (bicyclic) bond motifs is 2. The second kappa shape index (κ2) is 11.9. The summed E-state index contributed by atoms with van der Waals surface area (Å²) in [6.45, 7) is 3.58. The number of non-ortho nitro benzene ring substituents is 1. The number of nitro groups is 1. The lowest BCUT2D eigenvalue weighted by Gasteiger charge is -2.27. The first-order valence-corrected chi connectivity index (χ1v) is 14.7. The van der Waals surface area contributed by atoms with Crippen molar-refractivity contribution in [2.24, 2.45) is 4.99 Å². The zero-order valence-electron chi connectivity index (χ0n) is 24.7. The van der Waals surface area contributed by atoms with Gasteiger partial charge in [-0.25, -0.2) is 9.79 Å². The van der Waals surface area contributed by atoms with Gasteiger partial charge in [-0.15, -0.1) is 0 Å². The van der Waals surface area contributed by atoms with Crippen LogP contribution in [0.25, 0.3) is 28.2 Å². The van der Waals surface area contributed by atoms with Gasteiger partial charge in [0, 0.05) is 29.3 Å². The van der Waals surface area contributed by atoms with Gasteiger partial charge in [0.25, 0.3) is 11.2 Å². The summed E-state index contributed by atoms with van der Waals surface area (Å²) >= 11 is 1.16. The quantitative estimate of drug-likeness (QED) is 0.131. The van der Waals surface area contributed by atoms with E-state index in [0.29, 0.717) is 49.2 Å². The molecule has 0 radical (unpaired) electrons. The molecule has 1 aliphatic rings. The molecule has 0 bridgehead atoms. The summed E-state index contributed by atoms with van der Waals surface area (Å²) in [5.41, 5.74) is 1.48. The molecular formula is C33H27N3O8S. The molecule has 12 heteroatoms. The van der Waals surface area contributed by atoms with Crippen LogP contribution in [0.4, 0.5) is 5.69 Å².